The highest BCUT2D eigenvalue weighted by atomic mass is 16.5. The maximum absolute atomic E-state index is 12.4. The number of nitrogens with one attached hydrogen (secondary N) is 1. The number of carbonyl (C=O) groups excluding carboxylic acids is 2. The van der Waals surface area contributed by atoms with Gasteiger partial charge < -0.3 is 10.1 Å². The molecule has 2 rings (SSSR count). The lowest BCUT2D eigenvalue weighted by molar-refractivity contribution is -0.145. The lowest BCUT2D eigenvalue weighted by Crippen LogP contribution is -2.61. The molecular weight excluding hydrogens is 258 g/mol. The van der Waals surface area contributed by atoms with Crippen LogP contribution >= 0.6 is 0 Å². The third kappa shape index (κ3) is 3.12. The van der Waals surface area contributed by atoms with Crippen molar-refractivity contribution in [3.63, 3.8) is 0 Å². The van der Waals surface area contributed by atoms with E-state index in [0.29, 0.717) is 13.2 Å². The summed E-state index contributed by atoms with van der Waals surface area (Å²) in [6.07, 6.45) is 2.54. The van der Waals surface area contributed by atoms with Crippen LogP contribution in [0.3, 0.4) is 0 Å². The van der Waals surface area contributed by atoms with E-state index in [1.807, 2.05) is 14.0 Å². The SMILES string of the molecule is CCOC(=O)CN1CCC2(CC1)C(=O)NCCCN2C. The van der Waals surface area contributed by atoms with Gasteiger partial charge in [0.2, 0.25) is 5.91 Å². The predicted octanol–water partition coefficient (Wildman–Crippen LogP) is -0.164. The maximum Gasteiger partial charge on any atom is 0.320 e. The van der Waals surface area contributed by atoms with Crippen LogP contribution in [0.1, 0.15) is 26.2 Å². The average Bonchev–Trinajstić information content (AvgIpc) is 2.56. The second kappa shape index (κ2) is 6.54. The van der Waals surface area contributed by atoms with E-state index >= 15 is 0 Å². The molecule has 0 aromatic carbocycles. The van der Waals surface area contributed by atoms with Crippen LogP contribution in [0.15, 0.2) is 0 Å². The zero-order valence-corrected chi connectivity index (χ0v) is 12.5. The molecule has 2 aliphatic rings. The predicted molar refractivity (Wildman–Crippen MR) is 75.3 cm³/mol. The number of esters is 1. The van der Waals surface area contributed by atoms with Gasteiger partial charge in [-0.15, -0.1) is 0 Å². The Kier molecular flexibility index (Phi) is 4.99. The van der Waals surface area contributed by atoms with Gasteiger partial charge in [-0.3, -0.25) is 19.4 Å². The maximum atomic E-state index is 12.4. The fourth-order valence-corrected chi connectivity index (χ4v) is 3.15. The molecule has 0 atom stereocenters. The molecule has 2 heterocycles. The zero-order valence-electron chi connectivity index (χ0n) is 12.5. The highest BCUT2D eigenvalue weighted by Crippen LogP contribution is 2.29. The first-order valence-electron chi connectivity index (χ1n) is 7.46. The van der Waals surface area contributed by atoms with Gasteiger partial charge in [0.15, 0.2) is 0 Å². The van der Waals surface area contributed by atoms with Crippen molar-refractivity contribution in [3.8, 4) is 0 Å². The van der Waals surface area contributed by atoms with E-state index in [1.165, 1.54) is 0 Å². The van der Waals surface area contributed by atoms with Crippen LogP contribution in [-0.2, 0) is 14.3 Å². The van der Waals surface area contributed by atoms with Crippen LogP contribution in [0.2, 0.25) is 0 Å². The molecule has 2 saturated heterocycles. The number of likely N-dealkylation sites (N-methyl/N-ethyl adjacent to an activating group) is 1. The van der Waals surface area contributed by atoms with Crippen LogP contribution in [0.25, 0.3) is 0 Å². The first-order chi connectivity index (χ1) is 9.58. The van der Waals surface area contributed by atoms with Gasteiger partial charge in [-0.25, -0.2) is 0 Å². The molecule has 0 aliphatic carbocycles. The Labute approximate surface area is 120 Å². The molecule has 0 aromatic heterocycles. The fraction of sp³-hybridized carbons (Fsp3) is 0.857. The molecule has 6 nitrogen and oxygen atoms in total. The Hall–Kier alpha value is -1.14. The largest absolute Gasteiger partial charge is 0.465 e. The molecule has 1 spiro atoms. The third-order valence-electron chi connectivity index (χ3n) is 4.45. The topological polar surface area (TPSA) is 61.9 Å². The molecule has 1 amide bonds. The van der Waals surface area contributed by atoms with Crippen molar-refractivity contribution < 1.29 is 14.3 Å². The lowest BCUT2D eigenvalue weighted by atomic mass is 9.85. The molecule has 20 heavy (non-hydrogen) atoms. The summed E-state index contributed by atoms with van der Waals surface area (Å²) in [6, 6.07) is 0. The van der Waals surface area contributed by atoms with Crippen molar-refractivity contribution in [1.82, 2.24) is 15.1 Å². The van der Waals surface area contributed by atoms with Crippen LogP contribution in [0.5, 0.6) is 0 Å². The Balaban J connectivity index is 1.94. The second-order valence-corrected chi connectivity index (χ2v) is 5.64. The number of hydrogen-bond acceptors (Lipinski definition) is 5. The molecule has 114 valence electrons. The summed E-state index contributed by atoms with van der Waals surface area (Å²) in [7, 11) is 2.03. The van der Waals surface area contributed by atoms with E-state index in [1.54, 1.807) is 0 Å². The molecule has 1 N–H and O–H groups in total. The Bertz CT molecular complexity index is 365. The fourth-order valence-electron chi connectivity index (χ4n) is 3.15. The first kappa shape index (κ1) is 15.3. The minimum Gasteiger partial charge on any atom is -0.465 e. The van der Waals surface area contributed by atoms with Crippen molar-refractivity contribution in [1.29, 1.82) is 0 Å². The monoisotopic (exact) mass is 283 g/mol. The number of hydrogen-bond donors (Lipinski definition) is 1. The van der Waals surface area contributed by atoms with Gasteiger partial charge in [-0.1, -0.05) is 0 Å². The molecular formula is C14H25N3O3. The van der Waals surface area contributed by atoms with Gasteiger partial charge in [0.25, 0.3) is 0 Å². The van der Waals surface area contributed by atoms with E-state index in [2.05, 4.69) is 15.1 Å². The highest BCUT2D eigenvalue weighted by molar-refractivity contribution is 5.86. The molecule has 0 aromatic rings. The Morgan fingerprint density at radius 3 is 2.70 bits per heavy atom. The van der Waals surface area contributed by atoms with Crippen LogP contribution in [0, 0.1) is 0 Å². The number of piperidine rings is 1. The number of carbonyl (C=O) groups is 2. The summed E-state index contributed by atoms with van der Waals surface area (Å²) in [4.78, 5) is 28.1. The summed E-state index contributed by atoms with van der Waals surface area (Å²) in [5, 5.41) is 3.02. The quantitative estimate of drug-likeness (QED) is 0.729. The van der Waals surface area contributed by atoms with Crippen molar-refractivity contribution in [2.24, 2.45) is 0 Å². The van der Waals surface area contributed by atoms with Crippen molar-refractivity contribution in [3.05, 3.63) is 0 Å². The molecule has 0 radical (unpaired) electrons. The molecule has 6 heteroatoms. The van der Waals surface area contributed by atoms with Crippen molar-refractivity contribution in [2.45, 2.75) is 31.7 Å². The third-order valence-corrected chi connectivity index (χ3v) is 4.45. The Morgan fingerprint density at radius 2 is 2.05 bits per heavy atom. The van der Waals surface area contributed by atoms with E-state index in [0.717, 1.165) is 45.4 Å². The minimum atomic E-state index is -0.387. The van der Waals surface area contributed by atoms with Crippen LogP contribution < -0.4 is 5.32 Å². The number of amides is 1. The second-order valence-electron chi connectivity index (χ2n) is 5.64. The lowest BCUT2D eigenvalue weighted by Gasteiger charge is -2.44. The van der Waals surface area contributed by atoms with Crippen molar-refractivity contribution >= 4 is 11.9 Å². The number of nitrogens with zero attached hydrogens (tertiary/aromatic N) is 2. The van der Waals surface area contributed by atoms with Crippen LogP contribution in [-0.4, -0.2) is 73.6 Å². The molecule has 2 fully saturated rings. The standard InChI is InChI=1S/C14H25N3O3/c1-3-20-12(18)11-17-9-5-14(6-10-17)13(19)15-7-4-8-16(14)2/h3-11H2,1-2H3,(H,15,19). The average molecular weight is 283 g/mol. The van der Waals surface area contributed by atoms with Crippen LogP contribution in [0.4, 0.5) is 0 Å². The molecule has 2 aliphatic heterocycles. The van der Waals surface area contributed by atoms with E-state index in [4.69, 9.17) is 4.74 Å². The zero-order chi connectivity index (χ0) is 14.6. The van der Waals surface area contributed by atoms with E-state index in [9.17, 15) is 9.59 Å². The number of ether oxygens (including phenoxy) is 1. The van der Waals surface area contributed by atoms with Gasteiger partial charge in [-0.05, 0) is 33.2 Å². The summed E-state index contributed by atoms with van der Waals surface area (Å²) in [6.45, 7) is 5.78. The smallest absolute Gasteiger partial charge is 0.320 e. The normalized spacial score (nSPS) is 24.2. The molecule has 0 bridgehead atoms. The number of rotatable bonds is 3. The van der Waals surface area contributed by atoms with E-state index in [-0.39, 0.29) is 17.4 Å². The summed E-state index contributed by atoms with van der Waals surface area (Å²) in [5.41, 5.74) is -0.387. The molecule has 0 saturated carbocycles. The van der Waals surface area contributed by atoms with Gasteiger partial charge in [0.1, 0.15) is 5.54 Å². The summed E-state index contributed by atoms with van der Waals surface area (Å²) in [5.74, 6) is -0.0320. The van der Waals surface area contributed by atoms with Gasteiger partial charge in [0.05, 0.1) is 13.2 Å². The Morgan fingerprint density at radius 1 is 1.35 bits per heavy atom. The van der Waals surface area contributed by atoms with Gasteiger partial charge in [-0.2, -0.15) is 0 Å². The van der Waals surface area contributed by atoms with Gasteiger partial charge in [0, 0.05) is 26.2 Å². The highest BCUT2D eigenvalue weighted by Gasteiger charge is 2.45. The van der Waals surface area contributed by atoms with Crippen molar-refractivity contribution in [2.75, 3.05) is 46.4 Å². The first-order valence-corrected chi connectivity index (χ1v) is 7.46. The van der Waals surface area contributed by atoms with E-state index < -0.39 is 0 Å². The summed E-state index contributed by atoms with van der Waals surface area (Å²) >= 11 is 0. The molecule has 0 unspecified atom stereocenters. The van der Waals surface area contributed by atoms with Gasteiger partial charge >= 0.3 is 5.97 Å². The minimum absolute atomic E-state index is 0.147. The number of likely N-dealkylation sites (tertiary alicyclic amines) is 1. The summed E-state index contributed by atoms with van der Waals surface area (Å²) < 4.78 is 4.97.